The molecule has 3 aromatic rings. The van der Waals surface area contributed by atoms with Gasteiger partial charge >= 0.3 is 5.97 Å². The van der Waals surface area contributed by atoms with Crippen LogP contribution in [0.15, 0.2) is 42.7 Å². The topological polar surface area (TPSA) is 67.5 Å². The molecule has 0 aliphatic rings. The quantitative estimate of drug-likeness (QED) is 0.804. The number of hydrogen-bond donors (Lipinski definition) is 1. The van der Waals surface area contributed by atoms with Crippen molar-refractivity contribution in [3.05, 3.63) is 53.3 Å². The maximum atomic E-state index is 11.1. The van der Waals surface area contributed by atoms with Gasteiger partial charge in [0.25, 0.3) is 0 Å². The van der Waals surface area contributed by atoms with Crippen LogP contribution < -0.4 is 0 Å². The molecular weight excluding hydrogens is 278 g/mol. The highest BCUT2D eigenvalue weighted by atomic mass is 35.5. The van der Waals surface area contributed by atoms with Crippen LogP contribution in [-0.2, 0) is 11.2 Å². The number of aliphatic carboxylic acids is 1. The summed E-state index contributed by atoms with van der Waals surface area (Å²) in [6.45, 7) is 0. The molecule has 1 N–H and O–H groups in total. The van der Waals surface area contributed by atoms with Crippen LogP contribution in [0.4, 0.5) is 0 Å². The minimum absolute atomic E-state index is 0.127. The van der Waals surface area contributed by atoms with E-state index in [4.69, 9.17) is 16.7 Å². The van der Waals surface area contributed by atoms with Gasteiger partial charge in [0.15, 0.2) is 5.65 Å². The molecule has 2 heterocycles. The summed E-state index contributed by atoms with van der Waals surface area (Å²) in [6, 6.07) is 8.87. The highest BCUT2D eigenvalue weighted by Gasteiger charge is 2.17. The summed E-state index contributed by atoms with van der Waals surface area (Å²) < 4.78 is 1.59. The lowest BCUT2D eigenvalue weighted by Gasteiger charge is -2.00. The van der Waals surface area contributed by atoms with Gasteiger partial charge in [-0.1, -0.05) is 23.7 Å². The van der Waals surface area contributed by atoms with Crippen LogP contribution in [0, 0.1) is 0 Å². The summed E-state index contributed by atoms with van der Waals surface area (Å²) >= 11 is 5.87. The summed E-state index contributed by atoms with van der Waals surface area (Å²) in [5.74, 6) is -0.916. The van der Waals surface area contributed by atoms with E-state index in [0.29, 0.717) is 21.9 Å². The van der Waals surface area contributed by atoms with Crippen LogP contribution in [-0.4, -0.2) is 25.7 Å². The summed E-state index contributed by atoms with van der Waals surface area (Å²) in [6.07, 6.45) is 3.24. The molecule has 0 spiro atoms. The first-order chi connectivity index (χ1) is 9.65. The predicted octanol–water partition coefficient (Wildman–Crippen LogP) is 2.68. The van der Waals surface area contributed by atoms with Gasteiger partial charge < -0.3 is 5.11 Å². The predicted molar refractivity (Wildman–Crippen MR) is 74.8 cm³/mol. The molecule has 0 atom stereocenters. The van der Waals surface area contributed by atoms with Crippen LogP contribution in [0.3, 0.4) is 0 Å². The number of carboxylic acid groups (broad SMARTS) is 1. The Morgan fingerprint density at radius 3 is 2.75 bits per heavy atom. The summed E-state index contributed by atoms with van der Waals surface area (Å²) in [5, 5.41) is 14.1. The van der Waals surface area contributed by atoms with Gasteiger partial charge in [-0.05, 0) is 18.2 Å². The zero-order valence-corrected chi connectivity index (χ0v) is 11.1. The normalized spacial score (nSPS) is 10.8. The molecule has 0 amide bonds. The number of nitrogens with zero attached hydrogens (tertiary/aromatic N) is 3. The molecule has 2 aromatic heterocycles. The molecule has 0 unspecified atom stereocenters. The molecule has 0 aliphatic heterocycles. The molecule has 0 aliphatic carbocycles. The van der Waals surface area contributed by atoms with Crippen molar-refractivity contribution in [2.75, 3.05) is 0 Å². The Morgan fingerprint density at radius 2 is 2.05 bits per heavy atom. The Kier molecular flexibility index (Phi) is 3.12. The van der Waals surface area contributed by atoms with E-state index in [-0.39, 0.29) is 6.42 Å². The van der Waals surface area contributed by atoms with Gasteiger partial charge in [-0.3, -0.25) is 4.79 Å². The molecular formula is C14H10ClN3O2. The molecule has 0 saturated heterocycles. The molecule has 5 nitrogen and oxygen atoms in total. The van der Waals surface area contributed by atoms with Crippen LogP contribution >= 0.6 is 11.6 Å². The molecule has 20 heavy (non-hydrogen) atoms. The van der Waals surface area contributed by atoms with Crippen molar-refractivity contribution in [3.63, 3.8) is 0 Å². The molecule has 0 saturated carbocycles. The Balaban J connectivity index is 2.23. The van der Waals surface area contributed by atoms with E-state index in [2.05, 4.69) is 10.1 Å². The number of carboxylic acids is 1. The van der Waals surface area contributed by atoms with Gasteiger partial charge in [-0.25, -0.2) is 9.50 Å². The number of aromatic nitrogens is 3. The molecule has 0 bridgehead atoms. The Labute approximate surface area is 119 Å². The Morgan fingerprint density at radius 1 is 1.30 bits per heavy atom. The summed E-state index contributed by atoms with van der Waals surface area (Å²) in [4.78, 5) is 15.3. The molecule has 3 rings (SSSR count). The van der Waals surface area contributed by atoms with Crippen molar-refractivity contribution in [1.29, 1.82) is 0 Å². The van der Waals surface area contributed by atoms with Gasteiger partial charge in [0.2, 0.25) is 0 Å². The molecule has 0 fully saturated rings. The Bertz CT molecular complexity index is 781. The lowest BCUT2D eigenvalue weighted by atomic mass is 10.1. The zero-order chi connectivity index (χ0) is 14.1. The maximum absolute atomic E-state index is 11.1. The fourth-order valence-electron chi connectivity index (χ4n) is 2.09. The lowest BCUT2D eigenvalue weighted by Crippen LogP contribution is -2.01. The van der Waals surface area contributed by atoms with Gasteiger partial charge in [0, 0.05) is 28.5 Å². The summed E-state index contributed by atoms with van der Waals surface area (Å²) in [7, 11) is 0. The second-order valence-corrected chi connectivity index (χ2v) is 4.73. The first kappa shape index (κ1) is 12.6. The first-order valence-corrected chi connectivity index (χ1v) is 6.33. The van der Waals surface area contributed by atoms with E-state index in [1.54, 1.807) is 35.1 Å². The fourth-order valence-corrected chi connectivity index (χ4v) is 2.21. The number of hydrogen-bond acceptors (Lipinski definition) is 3. The van der Waals surface area contributed by atoms with Crippen LogP contribution in [0.2, 0.25) is 5.02 Å². The van der Waals surface area contributed by atoms with Gasteiger partial charge in [-0.15, -0.1) is 0 Å². The SMILES string of the molecule is O=C(O)Cc1c(-c2ccc(Cl)cc2)nn2cccnc12. The highest BCUT2D eigenvalue weighted by Crippen LogP contribution is 2.26. The number of halogens is 1. The van der Waals surface area contributed by atoms with Crippen molar-refractivity contribution in [3.8, 4) is 11.3 Å². The van der Waals surface area contributed by atoms with Crippen LogP contribution in [0.25, 0.3) is 16.9 Å². The average molecular weight is 288 g/mol. The highest BCUT2D eigenvalue weighted by molar-refractivity contribution is 6.30. The van der Waals surface area contributed by atoms with Crippen molar-refractivity contribution < 1.29 is 9.90 Å². The van der Waals surface area contributed by atoms with E-state index in [1.807, 2.05) is 12.1 Å². The number of rotatable bonds is 3. The maximum Gasteiger partial charge on any atom is 0.308 e. The lowest BCUT2D eigenvalue weighted by molar-refractivity contribution is -0.136. The largest absolute Gasteiger partial charge is 0.481 e. The average Bonchev–Trinajstić information content (AvgIpc) is 2.78. The Hall–Kier alpha value is -2.40. The van der Waals surface area contributed by atoms with Crippen molar-refractivity contribution in [2.45, 2.75) is 6.42 Å². The van der Waals surface area contributed by atoms with E-state index in [9.17, 15) is 4.79 Å². The monoisotopic (exact) mass is 287 g/mol. The number of fused-ring (bicyclic) bond motifs is 1. The second-order valence-electron chi connectivity index (χ2n) is 4.29. The van der Waals surface area contributed by atoms with E-state index < -0.39 is 5.97 Å². The third-order valence-electron chi connectivity index (χ3n) is 2.94. The van der Waals surface area contributed by atoms with Crippen LogP contribution in [0.1, 0.15) is 5.56 Å². The third kappa shape index (κ3) is 2.23. The van der Waals surface area contributed by atoms with E-state index in [0.717, 1.165) is 5.56 Å². The third-order valence-corrected chi connectivity index (χ3v) is 3.19. The van der Waals surface area contributed by atoms with E-state index in [1.165, 1.54) is 0 Å². The van der Waals surface area contributed by atoms with Crippen molar-refractivity contribution >= 4 is 23.2 Å². The summed E-state index contributed by atoms with van der Waals surface area (Å²) in [5.41, 5.74) is 2.58. The van der Waals surface area contributed by atoms with Gasteiger partial charge in [0.05, 0.1) is 12.1 Å². The molecule has 0 radical (unpaired) electrons. The zero-order valence-electron chi connectivity index (χ0n) is 10.3. The molecule has 6 heteroatoms. The minimum atomic E-state index is -0.916. The van der Waals surface area contributed by atoms with Gasteiger partial charge in [0.1, 0.15) is 0 Å². The van der Waals surface area contributed by atoms with Crippen LogP contribution in [0.5, 0.6) is 0 Å². The molecule has 100 valence electrons. The standard InChI is InChI=1S/C14H10ClN3O2/c15-10-4-2-9(3-5-10)13-11(8-12(19)20)14-16-6-1-7-18(14)17-13/h1-7H,8H2,(H,19,20). The van der Waals surface area contributed by atoms with Crippen molar-refractivity contribution in [1.82, 2.24) is 14.6 Å². The first-order valence-electron chi connectivity index (χ1n) is 5.95. The van der Waals surface area contributed by atoms with Crippen molar-refractivity contribution in [2.24, 2.45) is 0 Å². The smallest absolute Gasteiger partial charge is 0.308 e. The number of benzene rings is 1. The van der Waals surface area contributed by atoms with Gasteiger partial charge in [-0.2, -0.15) is 5.10 Å². The fraction of sp³-hybridized carbons (Fsp3) is 0.0714. The molecule has 1 aromatic carbocycles. The second kappa shape index (κ2) is 4.94. The minimum Gasteiger partial charge on any atom is -0.481 e. The van der Waals surface area contributed by atoms with E-state index >= 15 is 0 Å². The number of carbonyl (C=O) groups is 1.